The summed E-state index contributed by atoms with van der Waals surface area (Å²) < 4.78 is 28.8. The molecule has 0 bridgehead atoms. The number of rotatable bonds is 8. The molecule has 0 radical (unpaired) electrons. The fourth-order valence-corrected chi connectivity index (χ4v) is 3.69. The highest BCUT2D eigenvalue weighted by atomic mass is 32.2. The van der Waals surface area contributed by atoms with Gasteiger partial charge in [-0.05, 0) is 25.8 Å². The summed E-state index contributed by atoms with van der Waals surface area (Å²) in [6.07, 6.45) is 8.21. The van der Waals surface area contributed by atoms with Crippen LogP contribution < -0.4 is 10.0 Å². The molecule has 7 heteroatoms. The van der Waals surface area contributed by atoms with Gasteiger partial charge in [0, 0.05) is 18.8 Å². The Labute approximate surface area is 121 Å². The van der Waals surface area contributed by atoms with Gasteiger partial charge in [-0.25, -0.2) is 13.1 Å². The Hall–Kier alpha value is -0.920. The highest BCUT2D eigenvalue weighted by Crippen LogP contribution is 2.20. The lowest BCUT2D eigenvalue weighted by Gasteiger charge is -2.10. The van der Waals surface area contributed by atoms with Crippen LogP contribution in [-0.4, -0.2) is 37.3 Å². The van der Waals surface area contributed by atoms with E-state index in [1.54, 1.807) is 10.9 Å². The Morgan fingerprint density at radius 1 is 1.35 bits per heavy atom. The number of nitrogens with zero attached hydrogens (tertiary/aromatic N) is 2. The van der Waals surface area contributed by atoms with Gasteiger partial charge in [-0.2, -0.15) is 5.10 Å². The minimum Gasteiger partial charge on any atom is -0.315 e. The van der Waals surface area contributed by atoms with E-state index in [-0.39, 0.29) is 10.9 Å². The minimum atomic E-state index is -3.41. The van der Waals surface area contributed by atoms with Crippen molar-refractivity contribution in [3.05, 3.63) is 12.4 Å². The lowest BCUT2D eigenvalue weighted by Crippen LogP contribution is -2.32. The summed E-state index contributed by atoms with van der Waals surface area (Å²) in [6, 6.07) is 0.0922. The van der Waals surface area contributed by atoms with Gasteiger partial charge in [0.2, 0.25) is 10.0 Å². The second kappa shape index (κ2) is 7.19. The van der Waals surface area contributed by atoms with Crippen molar-refractivity contribution in [2.75, 3.05) is 13.1 Å². The molecule has 20 heavy (non-hydrogen) atoms. The zero-order valence-electron chi connectivity index (χ0n) is 12.0. The molecule has 1 fully saturated rings. The van der Waals surface area contributed by atoms with E-state index in [2.05, 4.69) is 22.1 Å². The summed E-state index contributed by atoms with van der Waals surface area (Å²) in [4.78, 5) is 0.264. The molecule has 1 aromatic rings. The van der Waals surface area contributed by atoms with Gasteiger partial charge in [0.1, 0.15) is 4.90 Å². The van der Waals surface area contributed by atoms with E-state index in [1.165, 1.54) is 6.20 Å². The summed E-state index contributed by atoms with van der Waals surface area (Å²) in [5.41, 5.74) is 0. The molecule has 0 aromatic carbocycles. The van der Waals surface area contributed by atoms with Gasteiger partial charge in [-0.1, -0.05) is 19.8 Å². The van der Waals surface area contributed by atoms with Crippen molar-refractivity contribution in [1.29, 1.82) is 0 Å². The van der Waals surface area contributed by atoms with Crippen molar-refractivity contribution < 1.29 is 8.42 Å². The van der Waals surface area contributed by atoms with E-state index in [1.807, 2.05) is 0 Å². The van der Waals surface area contributed by atoms with Crippen LogP contribution in [0.3, 0.4) is 0 Å². The van der Waals surface area contributed by atoms with Gasteiger partial charge >= 0.3 is 0 Å². The molecule has 1 saturated carbocycles. The van der Waals surface area contributed by atoms with Crippen molar-refractivity contribution in [2.24, 2.45) is 0 Å². The fourth-order valence-electron chi connectivity index (χ4n) is 2.43. The first kappa shape index (κ1) is 15.5. The third kappa shape index (κ3) is 4.29. The van der Waals surface area contributed by atoms with Crippen molar-refractivity contribution in [1.82, 2.24) is 19.8 Å². The van der Waals surface area contributed by atoms with Crippen LogP contribution in [0.2, 0.25) is 0 Å². The lowest BCUT2D eigenvalue weighted by atomic mass is 10.3. The molecule has 6 nitrogen and oxygen atoms in total. The number of sulfonamides is 1. The molecule has 114 valence electrons. The predicted octanol–water partition coefficient (Wildman–Crippen LogP) is 1.10. The monoisotopic (exact) mass is 300 g/mol. The SMILES string of the molecule is CCCNCCn1cc(S(=O)(=O)NC2CCCC2)cn1. The Kier molecular flexibility index (Phi) is 5.56. The third-order valence-electron chi connectivity index (χ3n) is 3.54. The maximum absolute atomic E-state index is 12.2. The average Bonchev–Trinajstić information content (AvgIpc) is 3.05. The van der Waals surface area contributed by atoms with E-state index in [0.29, 0.717) is 6.54 Å². The van der Waals surface area contributed by atoms with E-state index in [9.17, 15) is 8.42 Å². The second-order valence-corrected chi connectivity index (χ2v) is 7.01. The van der Waals surface area contributed by atoms with Crippen molar-refractivity contribution in [3.63, 3.8) is 0 Å². The molecule has 0 spiro atoms. The second-order valence-electron chi connectivity index (χ2n) is 5.29. The van der Waals surface area contributed by atoms with E-state index >= 15 is 0 Å². The molecule has 0 saturated heterocycles. The van der Waals surface area contributed by atoms with Gasteiger partial charge in [0.15, 0.2) is 0 Å². The quantitative estimate of drug-likeness (QED) is 0.705. The number of aromatic nitrogens is 2. The Morgan fingerprint density at radius 3 is 2.80 bits per heavy atom. The lowest BCUT2D eigenvalue weighted by molar-refractivity contribution is 0.547. The van der Waals surface area contributed by atoms with Crippen LogP contribution >= 0.6 is 0 Å². The van der Waals surface area contributed by atoms with Crippen molar-refractivity contribution >= 4 is 10.0 Å². The highest BCUT2D eigenvalue weighted by Gasteiger charge is 2.23. The average molecular weight is 300 g/mol. The summed E-state index contributed by atoms with van der Waals surface area (Å²) in [6.45, 7) is 4.56. The maximum atomic E-state index is 12.2. The zero-order valence-corrected chi connectivity index (χ0v) is 12.8. The maximum Gasteiger partial charge on any atom is 0.243 e. The van der Waals surface area contributed by atoms with Crippen LogP contribution in [0.25, 0.3) is 0 Å². The van der Waals surface area contributed by atoms with Gasteiger partial charge in [-0.15, -0.1) is 0 Å². The van der Waals surface area contributed by atoms with E-state index < -0.39 is 10.0 Å². The number of nitrogens with one attached hydrogen (secondary N) is 2. The highest BCUT2D eigenvalue weighted by molar-refractivity contribution is 7.89. The van der Waals surface area contributed by atoms with Gasteiger partial charge in [0.05, 0.1) is 12.7 Å². The molecular weight excluding hydrogens is 276 g/mol. The molecule has 1 aliphatic rings. The molecule has 2 rings (SSSR count). The zero-order chi connectivity index (χ0) is 14.4. The third-order valence-corrected chi connectivity index (χ3v) is 5.02. The predicted molar refractivity (Wildman–Crippen MR) is 78.0 cm³/mol. The van der Waals surface area contributed by atoms with Gasteiger partial charge in [-0.3, -0.25) is 4.68 Å². The first-order chi connectivity index (χ1) is 9.62. The summed E-state index contributed by atoms with van der Waals surface area (Å²) in [5, 5.41) is 7.38. The molecule has 0 aliphatic heterocycles. The summed E-state index contributed by atoms with van der Waals surface area (Å²) >= 11 is 0. The van der Waals surface area contributed by atoms with Gasteiger partial charge in [0.25, 0.3) is 0 Å². The standard InChI is InChI=1S/C13H24N4O2S/c1-2-7-14-8-9-17-11-13(10-15-17)20(18,19)16-12-5-3-4-6-12/h10-12,14,16H,2-9H2,1H3. The van der Waals surface area contributed by atoms with E-state index in [4.69, 9.17) is 0 Å². The Balaban J connectivity index is 1.89. The van der Waals surface area contributed by atoms with Crippen LogP contribution in [0, 0.1) is 0 Å². The fraction of sp³-hybridized carbons (Fsp3) is 0.769. The normalized spacial score (nSPS) is 16.9. The van der Waals surface area contributed by atoms with Crippen LogP contribution in [-0.2, 0) is 16.6 Å². The molecular formula is C13H24N4O2S. The molecule has 0 unspecified atom stereocenters. The van der Waals surface area contributed by atoms with Crippen molar-refractivity contribution in [2.45, 2.75) is 56.5 Å². The topological polar surface area (TPSA) is 76.0 Å². The number of hydrogen-bond acceptors (Lipinski definition) is 4. The molecule has 1 heterocycles. The first-order valence-electron chi connectivity index (χ1n) is 7.37. The van der Waals surface area contributed by atoms with Crippen LogP contribution in [0.5, 0.6) is 0 Å². The molecule has 1 aliphatic carbocycles. The van der Waals surface area contributed by atoms with Crippen molar-refractivity contribution in [3.8, 4) is 0 Å². The number of hydrogen-bond donors (Lipinski definition) is 2. The minimum absolute atomic E-state index is 0.0922. The first-order valence-corrected chi connectivity index (χ1v) is 8.85. The van der Waals surface area contributed by atoms with E-state index in [0.717, 1.165) is 45.2 Å². The van der Waals surface area contributed by atoms with Crippen LogP contribution in [0.1, 0.15) is 39.0 Å². The molecule has 1 aromatic heterocycles. The smallest absolute Gasteiger partial charge is 0.243 e. The Bertz CT molecular complexity index is 506. The molecule has 0 atom stereocenters. The van der Waals surface area contributed by atoms with Crippen LogP contribution in [0.15, 0.2) is 17.3 Å². The molecule has 2 N–H and O–H groups in total. The molecule has 0 amide bonds. The van der Waals surface area contributed by atoms with Gasteiger partial charge < -0.3 is 5.32 Å². The summed E-state index contributed by atoms with van der Waals surface area (Å²) in [7, 11) is -3.41. The summed E-state index contributed by atoms with van der Waals surface area (Å²) in [5.74, 6) is 0. The largest absolute Gasteiger partial charge is 0.315 e. The van der Waals surface area contributed by atoms with Crippen LogP contribution in [0.4, 0.5) is 0 Å². The Morgan fingerprint density at radius 2 is 2.10 bits per heavy atom.